The van der Waals surface area contributed by atoms with Crippen molar-refractivity contribution in [2.75, 3.05) is 5.32 Å². The summed E-state index contributed by atoms with van der Waals surface area (Å²) in [5.41, 5.74) is 2.44. The number of rotatable bonds is 4. The summed E-state index contributed by atoms with van der Waals surface area (Å²) in [6, 6.07) is 4.97. The Morgan fingerprint density at radius 1 is 1.50 bits per heavy atom. The van der Waals surface area contributed by atoms with Crippen LogP contribution >= 0.6 is 0 Å². The van der Waals surface area contributed by atoms with Crippen LogP contribution in [0.5, 0.6) is 0 Å². The van der Waals surface area contributed by atoms with E-state index < -0.39 is 0 Å². The summed E-state index contributed by atoms with van der Waals surface area (Å²) in [6.07, 6.45) is 3.46. The summed E-state index contributed by atoms with van der Waals surface area (Å²) in [5.74, 6) is 0. The van der Waals surface area contributed by atoms with Gasteiger partial charge in [0.15, 0.2) is 0 Å². The summed E-state index contributed by atoms with van der Waals surface area (Å²) in [7, 11) is 0. The number of hydrogen-bond donors (Lipinski definition) is 2. The fraction of sp³-hybridized carbons (Fsp3) is 0.250. The van der Waals surface area contributed by atoms with E-state index in [1.165, 1.54) is 6.07 Å². The van der Waals surface area contributed by atoms with Crippen LogP contribution in [-0.4, -0.2) is 15.1 Å². The topological polar surface area (TPSA) is 83.8 Å². The van der Waals surface area contributed by atoms with Gasteiger partial charge in [0.25, 0.3) is 5.69 Å². The summed E-state index contributed by atoms with van der Waals surface area (Å²) in [5, 5.41) is 20.7. The number of nitro groups is 1. The molecule has 0 spiro atoms. The zero-order valence-corrected chi connectivity index (χ0v) is 10.2. The Morgan fingerprint density at radius 3 is 2.89 bits per heavy atom. The number of benzene rings is 1. The Balaban J connectivity index is 2.31. The molecule has 2 aromatic rings. The Labute approximate surface area is 104 Å². The van der Waals surface area contributed by atoms with Crippen LogP contribution in [0.3, 0.4) is 0 Å². The van der Waals surface area contributed by atoms with Crippen LogP contribution in [0.15, 0.2) is 30.6 Å². The van der Waals surface area contributed by atoms with E-state index >= 15 is 0 Å². The van der Waals surface area contributed by atoms with Crippen LogP contribution in [0.1, 0.15) is 24.1 Å². The van der Waals surface area contributed by atoms with Crippen LogP contribution in [0.2, 0.25) is 0 Å². The molecule has 0 fully saturated rings. The number of nitrogens with one attached hydrogen (secondary N) is 2. The van der Waals surface area contributed by atoms with Gasteiger partial charge in [0.1, 0.15) is 5.69 Å². The van der Waals surface area contributed by atoms with Crippen LogP contribution in [0.25, 0.3) is 0 Å². The number of aromatic nitrogens is 2. The molecule has 0 radical (unpaired) electrons. The molecule has 1 unspecified atom stereocenters. The van der Waals surface area contributed by atoms with E-state index in [2.05, 4.69) is 15.5 Å². The maximum absolute atomic E-state index is 11.0. The predicted molar refractivity (Wildman–Crippen MR) is 68.5 cm³/mol. The molecule has 2 N–H and O–H groups in total. The minimum atomic E-state index is -0.378. The van der Waals surface area contributed by atoms with Crippen LogP contribution in [-0.2, 0) is 0 Å². The zero-order chi connectivity index (χ0) is 13.1. The smallest absolute Gasteiger partial charge is 0.292 e. The normalized spacial score (nSPS) is 12.1. The quantitative estimate of drug-likeness (QED) is 0.641. The molecule has 0 aliphatic carbocycles. The third-order valence-corrected chi connectivity index (χ3v) is 2.83. The second-order valence-electron chi connectivity index (χ2n) is 4.12. The molecule has 94 valence electrons. The molecule has 0 amide bonds. The van der Waals surface area contributed by atoms with E-state index in [-0.39, 0.29) is 16.7 Å². The highest BCUT2D eigenvalue weighted by Crippen LogP contribution is 2.30. The van der Waals surface area contributed by atoms with Gasteiger partial charge in [0, 0.05) is 17.8 Å². The second kappa shape index (κ2) is 4.87. The van der Waals surface area contributed by atoms with E-state index in [1.54, 1.807) is 18.5 Å². The molecule has 0 saturated carbocycles. The second-order valence-corrected chi connectivity index (χ2v) is 4.12. The molecule has 6 heteroatoms. The first-order valence-electron chi connectivity index (χ1n) is 5.59. The van der Waals surface area contributed by atoms with Crippen LogP contribution in [0.4, 0.5) is 11.4 Å². The van der Waals surface area contributed by atoms with Gasteiger partial charge in [-0.2, -0.15) is 5.10 Å². The van der Waals surface area contributed by atoms with Gasteiger partial charge < -0.3 is 5.32 Å². The van der Waals surface area contributed by atoms with Crippen molar-refractivity contribution in [1.29, 1.82) is 0 Å². The fourth-order valence-electron chi connectivity index (χ4n) is 1.79. The lowest BCUT2D eigenvalue weighted by molar-refractivity contribution is -0.384. The number of aryl methyl sites for hydroxylation is 1. The van der Waals surface area contributed by atoms with E-state index in [0.29, 0.717) is 5.69 Å². The van der Waals surface area contributed by atoms with Crippen molar-refractivity contribution in [2.24, 2.45) is 0 Å². The SMILES string of the molecule is Cc1cccc([N+](=O)[O-])c1NC(C)c1cn[nH]c1. The third-order valence-electron chi connectivity index (χ3n) is 2.83. The van der Waals surface area contributed by atoms with Crippen molar-refractivity contribution in [3.05, 3.63) is 51.8 Å². The zero-order valence-electron chi connectivity index (χ0n) is 10.2. The maximum Gasteiger partial charge on any atom is 0.292 e. The molecule has 1 atom stereocenters. The standard InChI is InChI=1S/C12H14N4O2/c1-8-4-3-5-11(16(17)18)12(8)15-9(2)10-6-13-14-7-10/h3-7,9,15H,1-2H3,(H,13,14). The highest BCUT2D eigenvalue weighted by molar-refractivity contribution is 5.66. The van der Waals surface area contributed by atoms with Gasteiger partial charge in [0.05, 0.1) is 17.2 Å². The van der Waals surface area contributed by atoms with Crippen LogP contribution < -0.4 is 5.32 Å². The Hall–Kier alpha value is -2.37. The summed E-state index contributed by atoms with van der Waals surface area (Å²) < 4.78 is 0. The highest BCUT2D eigenvalue weighted by Gasteiger charge is 2.17. The summed E-state index contributed by atoms with van der Waals surface area (Å²) in [6.45, 7) is 3.78. The van der Waals surface area contributed by atoms with Crippen molar-refractivity contribution in [2.45, 2.75) is 19.9 Å². The molecule has 18 heavy (non-hydrogen) atoms. The van der Waals surface area contributed by atoms with Crippen molar-refractivity contribution in [3.8, 4) is 0 Å². The van der Waals surface area contributed by atoms with Crippen molar-refractivity contribution in [1.82, 2.24) is 10.2 Å². The monoisotopic (exact) mass is 246 g/mol. The number of aromatic amines is 1. The van der Waals surface area contributed by atoms with E-state index in [9.17, 15) is 10.1 Å². The third kappa shape index (κ3) is 2.32. The fourth-order valence-corrected chi connectivity index (χ4v) is 1.79. The van der Waals surface area contributed by atoms with E-state index in [4.69, 9.17) is 0 Å². The number of H-pyrrole nitrogens is 1. The van der Waals surface area contributed by atoms with Gasteiger partial charge in [0.2, 0.25) is 0 Å². The molecule has 1 heterocycles. The first-order chi connectivity index (χ1) is 8.59. The lowest BCUT2D eigenvalue weighted by Crippen LogP contribution is -2.09. The first-order valence-corrected chi connectivity index (χ1v) is 5.59. The van der Waals surface area contributed by atoms with Gasteiger partial charge in [-0.05, 0) is 19.4 Å². The average molecular weight is 246 g/mol. The summed E-state index contributed by atoms with van der Waals surface area (Å²) >= 11 is 0. The minimum absolute atomic E-state index is 0.0523. The molecular weight excluding hydrogens is 232 g/mol. The number of nitro benzene ring substituents is 1. The Bertz CT molecular complexity index is 551. The molecule has 6 nitrogen and oxygen atoms in total. The van der Waals surface area contributed by atoms with Crippen molar-refractivity contribution < 1.29 is 4.92 Å². The van der Waals surface area contributed by atoms with Crippen LogP contribution in [0, 0.1) is 17.0 Å². The largest absolute Gasteiger partial charge is 0.373 e. The number of nitrogens with zero attached hydrogens (tertiary/aromatic N) is 2. The van der Waals surface area contributed by atoms with Gasteiger partial charge in [-0.15, -0.1) is 0 Å². The minimum Gasteiger partial charge on any atom is -0.373 e. The number of anilines is 1. The number of hydrogen-bond acceptors (Lipinski definition) is 4. The summed E-state index contributed by atoms with van der Waals surface area (Å²) in [4.78, 5) is 10.6. The van der Waals surface area contributed by atoms with E-state index in [0.717, 1.165) is 11.1 Å². The molecule has 1 aromatic heterocycles. The molecule has 2 rings (SSSR count). The Morgan fingerprint density at radius 2 is 2.28 bits per heavy atom. The predicted octanol–water partition coefficient (Wildman–Crippen LogP) is 2.80. The van der Waals surface area contributed by atoms with Gasteiger partial charge in [-0.3, -0.25) is 15.2 Å². The van der Waals surface area contributed by atoms with Gasteiger partial charge in [-0.1, -0.05) is 12.1 Å². The average Bonchev–Trinajstić information content (AvgIpc) is 2.85. The maximum atomic E-state index is 11.0. The first kappa shape index (κ1) is 12.1. The van der Waals surface area contributed by atoms with Gasteiger partial charge >= 0.3 is 0 Å². The lowest BCUT2D eigenvalue weighted by atomic mass is 10.1. The molecular formula is C12H14N4O2. The van der Waals surface area contributed by atoms with Crippen molar-refractivity contribution >= 4 is 11.4 Å². The van der Waals surface area contributed by atoms with E-state index in [1.807, 2.05) is 19.9 Å². The highest BCUT2D eigenvalue weighted by atomic mass is 16.6. The van der Waals surface area contributed by atoms with Gasteiger partial charge in [-0.25, -0.2) is 0 Å². The molecule has 1 aromatic carbocycles. The Kier molecular flexibility index (Phi) is 3.27. The molecule has 0 saturated heterocycles. The molecule has 0 aliphatic heterocycles. The van der Waals surface area contributed by atoms with Crippen molar-refractivity contribution in [3.63, 3.8) is 0 Å². The molecule has 0 bridgehead atoms. The number of para-hydroxylation sites is 1. The lowest BCUT2D eigenvalue weighted by Gasteiger charge is -2.15. The molecule has 0 aliphatic rings.